The van der Waals surface area contributed by atoms with Crippen molar-refractivity contribution in [2.75, 3.05) is 0 Å². The topological polar surface area (TPSA) is 63.6 Å². The molecule has 0 fully saturated rings. The number of hydrogen-bond donors (Lipinski definition) is 1. The van der Waals surface area contributed by atoms with Crippen LogP contribution in [0, 0.1) is 0 Å². The van der Waals surface area contributed by atoms with Gasteiger partial charge in [-0.3, -0.25) is 9.59 Å². The summed E-state index contributed by atoms with van der Waals surface area (Å²) in [4.78, 5) is 23.3. The van der Waals surface area contributed by atoms with Crippen LogP contribution in [-0.4, -0.2) is 23.1 Å². The summed E-state index contributed by atoms with van der Waals surface area (Å²) in [5, 5.41) is 8.84. The molecule has 1 N–H and O–H groups in total. The Balaban J connectivity index is 3.99. The highest BCUT2D eigenvalue weighted by atomic mass is 16.5. The minimum Gasteiger partial charge on any atom is -0.481 e. The summed E-state index contributed by atoms with van der Waals surface area (Å²) in [5.74, 6) is -0.724. The Morgan fingerprint density at radius 3 is 1.33 bits per heavy atom. The summed E-state index contributed by atoms with van der Waals surface area (Å²) < 4.78 is 5.97. The molecule has 43 heavy (non-hydrogen) atoms. The second-order valence-corrected chi connectivity index (χ2v) is 13.1. The van der Waals surface area contributed by atoms with Gasteiger partial charge >= 0.3 is 11.9 Å². The van der Waals surface area contributed by atoms with E-state index in [1.54, 1.807) is 0 Å². The molecule has 0 aromatic carbocycles. The summed E-state index contributed by atoms with van der Waals surface area (Å²) in [7, 11) is 0. The van der Waals surface area contributed by atoms with Gasteiger partial charge in [0, 0.05) is 12.8 Å². The normalized spacial score (nSPS) is 12.2. The quantitative estimate of drug-likeness (QED) is 0.0443. The van der Waals surface area contributed by atoms with E-state index in [-0.39, 0.29) is 18.5 Å². The minimum atomic E-state index is -0.709. The second kappa shape index (κ2) is 35.2. The maximum atomic E-state index is 12.6. The number of allylic oxidation sites excluding steroid dienone is 2. The highest BCUT2D eigenvalue weighted by molar-refractivity contribution is 5.69. The molecule has 0 heterocycles. The first-order valence-corrected chi connectivity index (χ1v) is 19.2. The molecular formula is C39H74O4. The van der Waals surface area contributed by atoms with Gasteiger partial charge in [-0.2, -0.15) is 0 Å². The molecule has 0 aliphatic heterocycles. The second-order valence-electron chi connectivity index (χ2n) is 13.1. The van der Waals surface area contributed by atoms with Gasteiger partial charge in [-0.25, -0.2) is 0 Å². The van der Waals surface area contributed by atoms with E-state index in [0.717, 1.165) is 57.8 Å². The number of ether oxygens (including phenoxy) is 1. The van der Waals surface area contributed by atoms with E-state index >= 15 is 0 Å². The van der Waals surface area contributed by atoms with Crippen LogP contribution in [0.15, 0.2) is 12.2 Å². The number of aliphatic carboxylic acids is 1. The fourth-order valence-electron chi connectivity index (χ4n) is 5.87. The number of hydrogen-bond acceptors (Lipinski definition) is 3. The number of esters is 1. The number of carboxylic acids is 1. The summed E-state index contributed by atoms with van der Waals surface area (Å²) in [6.45, 7) is 4.52. The molecule has 4 heteroatoms. The predicted molar refractivity (Wildman–Crippen MR) is 186 cm³/mol. The van der Waals surface area contributed by atoms with Crippen molar-refractivity contribution in [3.05, 3.63) is 12.2 Å². The average Bonchev–Trinajstić information content (AvgIpc) is 2.99. The number of rotatable bonds is 35. The summed E-state index contributed by atoms with van der Waals surface area (Å²) in [6.07, 6.45) is 42.2. The van der Waals surface area contributed by atoms with Gasteiger partial charge in [0.05, 0.1) is 0 Å². The van der Waals surface area contributed by atoms with Crippen LogP contribution in [-0.2, 0) is 14.3 Å². The van der Waals surface area contributed by atoms with E-state index in [1.165, 1.54) is 135 Å². The van der Waals surface area contributed by atoms with Gasteiger partial charge in [-0.15, -0.1) is 0 Å². The van der Waals surface area contributed by atoms with E-state index in [2.05, 4.69) is 26.0 Å². The first kappa shape index (κ1) is 41.7. The minimum absolute atomic E-state index is 0.0153. The van der Waals surface area contributed by atoms with Crippen molar-refractivity contribution >= 4 is 11.9 Å². The molecule has 0 rings (SSSR count). The maximum Gasteiger partial charge on any atom is 0.306 e. The Hall–Kier alpha value is -1.32. The van der Waals surface area contributed by atoms with Crippen molar-refractivity contribution in [2.45, 2.75) is 225 Å². The Morgan fingerprint density at radius 2 is 0.860 bits per heavy atom. The molecule has 0 bridgehead atoms. The molecule has 0 aliphatic carbocycles. The van der Waals surface area contributed by atoms with Crippen molar-refractivity contribution in [1.82, 2.24) is 0 Å². The monoisotopic (exact) mass is 607 g/mol. The molecule has 0 aromatic heterocycles. The molecule has 0 spiro atoms. The molecule has 254 valence electrons. The summed E-state index contributed by atoms with van der Waals surface area (Å²) in [6, 6.07) is 0. The lowest BCUT2D eigenvalue weighted by Gasteiger charge is -2.18. The molecular weight excluding hydrogens is 532 g/mol. The van der Waals surface area contributed by atoms with Crippen LogP contribution in [0.25, 0.3) is 0 Å². The van der Waals surface area contributed by atoms with Crippen LogP contribution in [0.3, 0.4) is 0 Å². The first-order valence-electron chi connectivity index (χ1n) is 19.2. The van der Waals surface area contributed by atoms with Gasteiger partial charge < -0.3 is 9.84 Å². The summed E-state index contributed by atoms with van der Waals surface area (Å²) >= 11 is 0. The highest BCUT2D eigenvalue weighted by Gasteiger charge is 2.14. The third-order valence-corrected chi connectivity index (χ3v) is 8.74. The van der Waals surface area contributed by atoms with Crippen LogP contribution in [0.4, 0.5) is 0 Å². The third kappa shape index (κ3) is 35.0. The van der Waals surface area contributed by atoms with Crippen LogP contribution in [0.2, 0.25) is 0 Å². The fourth-order valence-corrected chi connectivity index (χ4v) is 5.87. The molecule has 4 nitrogen and oxygen atoms in total. The SMILES string of the molecule is CCCC/C=C\CCCCCCCCC(=O)OC(CCCCCCCCCCCCCCCC)CCCCCCC(=O)O. The largest absolute Gasteiger partial charge is 0.481 e. The van der Waals surface area contributed by atoms with Crippen LogP contribution in [0.1, 0.15) is 219 Å². The summed E-state index contributed by atoms with van der Waals surface area (Å²) in [5.41, 5.74) is 0. The Labute approximate surface area is 268 Å². The molecule has 0 radical (unpaired) electrons. The van der Waals surface area contributed by atoms with Crippen molar-refractivity contribution in [3.8, 4) is 0 Å². The third-order valence-electron chi connectivity index (χ3n) is 8.74. The van der Waals surface area contributed by atoms with Gasteiger partial charge in [0.1, 0.15) is 6.10 Å². The molecule has 1 atom stereocenters. The molecule has 0 amide bonds. The van der Waals surface area contributed by atoms with Crippen molar-refractivity contribution < 1.29 is 19.4 Å². The van der Waals surface area contributed by atoms with Gasteiger partial charge in [0.2, 0.25) is 0 Å². The fraction of sp³-hybridized carbons (Fsp3) is 0.897. The average molecular weight is 607 g/mol. The van der Waals surface area contributed by atoms with Gasteiger partial charge in [0.25, 0.3) is 0 Å². The van der Waals surface area contributed by atoms with E-state index in [0.29, 0.717) is 6.42 Å². The zero-order chi connectivity index (χ0) is 31.5. The van der Waals surface area contributed by atoms with Crippen LogP contribution >= 0.6 is 0 Å². The number of unbranched alkanes of at least 4 members (excludes halogenated alkanes) is 24. The predicted octanol–water partition coefficient (Wildman–Crippen LogP) is 13.1. The Kier molecular flexibility index (Phi) is 34.1. The highest BCUT2D eigenvalue weighted by Crippen LogP contribution is 2.19. The first-order chi connectivity index (χ1) is 21.1. The smallest absolute Gasteiger partial charge is 0.306 e. The van der Waals surface area contributed by atoms with E-state index in [4.69, 9.17) is 9.84 Å². The molecule has 0 aromatic rings. The standard InChI is InChI=1S/C39H74O4/c1-3-5-7-9-11-13-15-17-18-19-21-23-25-29-33-37(34-30-27-28-31-35-38(40)41)43-39(42)36-32-26-24-22-20-16-14-12-10-8-6-4-2/h10,12,37H,3-9,11,13-36H2,1-2H3,(H,40,41)/b12-10-. The number of carboxylic acid groups (broad SMARTS) is 1. The lowest BCUT2D eigenvalue weighted by atomic mass is 10.0. The molecule has 1 unspecified atom stereocenters. The van der Waals surface area contributed by atoms with Gasteiger partial charge in [-0.05, 0) is 57.8 Å². The lowest BCUT2D eigenvalue weighted by Crippen LogP contribution is -2.18. The van der Waals surface area contributed by atoms with Gasteiger partial charge in [-0.1, -0.05) is 161 Å². The van der Waals surface area contributed by atoms with E-state index in [9.17, 15) is 9.59 Å². The van der Waals surface area contributed by atoms with Crippen molar-refractivity contribution in [1.29, 1.82) is 0 Å². The maximum absolute atomic E-state index is 12.6. The molecule has 0 aliphatic rings. The zero-order valence-corrected chi connectivity index (χ0v) is 29.0. The Bertz CT molecular complexity index is 614. The lowest BCUT2D eigenvalue weighted by molar-refractivity contribution is -0.150. The number of carbonyl (C=O) groups excluding carboxylic acids is 1. The van der Waals surface area contributed by atoms with E-state index in [1.807, 2.05) is 0 Å². The van der Waals surface area contributed by atoms with Crippen LogP contribution in [0.5, 0.6) is 0 Å². The van der Waals surface area contributed by atoms with Crippen molar-refractivity contribution in [3.63, 3.8) is 0 Å². The van der Waals surface area contributed by atoms with Crippen LogP contribution < -0.4 is 0 Å². The van der Waals surface area contributed by atoms with Crippen molar-refractivity contribution in [2.24, 2.45) is 0 Å². The van der Waals surface area contributed by atoms with Gasteiger partial charge in [0.15, 0.2) is 0 Å². The zero-order valence-electron chi connectivity index (χ0n) is 29.0. The Morgan fingerprint density at radius 1 is 0.488 bits per heavy atom. The molecule has 0 saturated heterocycles. The van der Waals surface area contributed by atoms with E-state index < -0.39 is 5.97 Å². The number of carbonyl (C=O) groups is 2. The molecule has 0 saturated carbocycles.